The second-order valence-electron chi connectivity index (χ2n) is 4.94. The van der Waals surface area contributed by atoms with Crippen molar-refractivity contribution in [3.8, 4) is 0 Å². The zero-order valence-electron chi connectivity index (χ0n) is 11.6. The van der Waals surface area contributed by atoms with Gasteiger partial charge in [0.1, 0.15) is 5.76 Å². The number of rotatable bonds is 4. The minimum Gasteiger partial charge on any atom is -0.381 e. The molecule has 1 aliphatic rings. The van der Waals surface area contributed by atoms with Crippen LogP contribution in [-0.2, 0) is 14.3 Å². The molecule has 7 heteroatoms. The summed E-state index contributed by atoms with van der Waals surface area (Å²) in [7, 11) is -5.58. The molecule has 0 saturated heterocycles. The minimum atomic E-state index is -5.58. The van der Waals surface area contributed by atoms with Gasteiger partial charge >= 0.3 is 15.6 Å². The van der Waals surface area contributed by atoms with Crippen LogP contribution in [0.15, 0.2) is 48.2 Å². The molecule has 2 rings (SSSR count). The van der Waals surface area contributed by atoms with Crippen LogP contribution in [0.2, 0.25) is 0 Å². The van der Waals surface area contributed by atoms with Gasteiger partial charge in [0.05, 0.1) is 0 Å². The highest BCUT2D eigenvalue weighted by molar-refractivity contribution is 7.87. The van der Waals surface area contributed by atoms with Crippen molar-refractivity contribution >= 4 is 16.2 Å². The van der Waals surface area contributed by atoms with E-state index in [9.17, 15) is 21.6 Å². The Morgan fingerprint density at radius 3 is 2.50 bits per heavy atom. The highest BCUT2D eigenvalue weighted by Gasteiger charge is 2.48. The average Bonchev–Trinajstić information content (AvgIpc) is 2.45. The number of alkyl halides is 3. The molecule has 0 bridgehead atoms. The van der Waals surface area contributed by atoms with Crippen LogP contribution in [-0.4, -0.2) is 13.9 Å². The Balaban J connectivity index is 2.08. The molecule has 3 nitrogen and oxygen atoms in total. The van der Waals surface area contributed by atoms with Crippen molar-refractivity contribution in [3.63, 3.8) is 0 Å². The summed E-state index contributed by atoms with van der Waals surface area (Å²) in [6, 6.07) is 9.43. The Hall–Kier alpha value is -1.76. The largest absolute Gasteiger partial charge is 0.534 e. The zero-order chi connectivity index (χ0) is 16.2. The van der Waals surface area contributed by atoms with Crippen molar-refractivity contribution in [2.75, 3.05) is 0 Å². The van der Waals surface area contributed by atoms with Crippen LogP contribution in [0.4, 0.5) is 13.2 Å². The summed E-state index contributed by atoms with van der Waals surface area (Å²) in [6.45, 7) is 0. The summed E-state index contributed by atoms with van der Waals surface area (Å²) in [4.78, 5) is 0. The van der Waals surface area contributed by atoms with Crippen LogP contribution in [0.25, 0.3) is 6.08 Å². The molecule has 1 unspecified atom stereocenters. The van der Waals surface area contributed by atoms with E-state index in [1.54, 1.807) is 0 Å². The van der Waals surface area contributed by atoms with Gasteiger partial charge in [-0.3, -0.25) is 0 Å². The van der Waals surface area contributed by atoms with Gasteiger partial charge in [-0.05, 0) is 30.4 Å². The number of hydrogen-bond acceptors (Lipinski definition) is 3. The van der Waals surface area contributed by atoms with Crippen molar-refractivity contribution in [2.24, 2.45) is 5.92 Å². The molecule has 0 saturated carbocycles. The minimum absolute atomic E-state index is 0.146. The van der Waals surface area contributed by atoms with Crippen molar-refractivity contribution < 1.29 is 25.8 Å². The average molecular weight is 332 g/mol. The van der Waals surface area contributed by atoms with Crippen molar-refractivity contribution in [1.29, 1.82) is 0 Å². The summed E-state index contributed by atoms with van der Waals surface area (Å²) in [5, 5.41) is 0. The lowest BCUT2D eigenvalue weighted by Crippen LogP contribution is -2.26. The fourth-order valence-electron chi connectivity index (χ4n) is 2.13. The summed E-state index contributed by atoms with van der Waals surface area (Å²) >= 11 is 0. The third-order valence-electron chi connectivity index (χ3n) is 3.20. The quantitative estimate of drug-likeness (QED) is 0.611. The van der Waals surface area contributed by atoms with Crippen molar-refractivity contribution in [1.82, 2.24) is 0 Å². The molecule has 0 aromatic heterocycles. The van der Waals surface area contributed by atoms with Crippen LogP contribution < -0.4 is 0 Å². The molecular formula is C15H15F3O3S. The van der Waals surface area contributed by atoms with Gasteiger partial charge in [-0.15, -0.1) is 0 Å². The third kappa shape index (κ3) is 4.37. The molecule has 1 aromatic carbocycles. The summed E-state index contributed by atoms with van der Waals surface area (Å²) in [5.74, 6) is -0.293. The number of benzene rings is 1. The van der Waals surface area contributed by atoms with Gasteiger partial charge in [0.2, 0.25) is 0 Å². The maximum atomic E-state index is 12.3. The number of allylic oxidation sites excluding steroid dienone is 3. The van der Waals surface area contributed by atoms with Crippen molar-refractivity contribution in [2.45, 2.75) is 24.8 Å². The topological polar surface area (TPSA) is 43.4 Å². The van der Waals surface area contributed by atoms with E-state index >= 15 is 0 Å². The zero-order valence-corrected chi connectivity index (χ0v) is 12.4. The molecule has 0 heterocycles. The van der Waals surface area contributed by atoms with E-state index in [4.69, 9.17) is 0 Å². The second kappa shape index (κ2) is 6.56. The van der Waals surface area contributed by atoms with E-state index in [1.807, 2.05) is 42.5 Å². The van der Waals surface area contributed by atoms with E-state index in [2.05, 4.69) is 4.18 Å². The number of halogens is 3. The molecule has 0 N–H and O–H groups in total. The highest BCUT2D eigenvalue weighted by atomic mass is 32.2. The molecule has 1 atom stereocenters. The second-order valence-corrected chi connectivity index (χ2v) is 6.48. The predicted molar refractivity (Wildman–Crippen MR) is 77.0 cm³/mol. The molecule has 0 spiro atoms. The fraction of sp³-hybridized carbons (Fsp3) is 0.333. The van der Waals surface area contributed by atoms with Gasteiger partial charge in [-0.1, -0.05) is 42.5 Å². The summed E-state index contributed by atoms with van der Waals surface area (Å²) in [5.41, 5.74) is -4.44. The van der Waals surface area contributed by atoms with Crippen LogP contribution in [0.5, 0.6) is 0 Å². The van der Waals surface area contributed by atoms with Crippen LogP contribution in [0, 0.1) is 5.92 Å². The predicted octanol–water partition coefficient (Wildman–Crippen LogP) is 4.25. The van der Waals surface area contributed by atoms with Gasteiger partial charge in [-0.2, -0.15) is 21.6 Å². The first-order valence-electron chi connectivity index (χ1n) is 6.73. The SMILES string of the molecule is O=S(=O)(OC1=CC(/C=C/c2ccccc2)CCC1)C(F)(F)F. The Kier molecular flexibility index (Phi) is 4.95. The van der Waals surface area contributed by atoms with Crippen LogP contribution >= 0.6 is 0 Å². The molecule has 1 aromatic rings. The molecule has 22 heavy (non-hydrogen) atoms. The Labute approximate surface area is 127 Å². The van der Waals surface area contributed by atoms with Gasteiger partial charge in [-0.25, -0.2) is 0 Å². The van der Waals surface area contributed by atoms with Gasteiger partial charge < -0.3 is 4.18 Å². The Bertz CT molecular complexity index is 661. The highest BCUT2D eigenvalue weighted by Crippen LogP contribution is 2.31. The maximum Gasteiger partial charge on any atom is 0.534 e. The maximum absolute atomic E-state index is 12.3. The third-order valence-corrected chi connectivity index (χ3v) is 4.20. The standard InChI is InChI=1S/C15H15F3O3S/c16-15(17,18)22(19,20)21-14-8-4-7-13(11-14)10-9-12-5-2-1-3-6-12/h1-3,5-6,9-11,13H,4,7-8H2/b10-9+. The smallest absolute Gasteiger partial charge is 0.381 e. The fourth-order valence-corrected chi connectivity index (χ4v) is 2.64. The first-order chi connectivity index (χ1) is 10.3. The monoisotopic (exact) mass is 332 g/mol. The lowest BCUT2D eigenvalue weighted by molar-refractivity contribution is -0.0524. The van der Waals surface area contributed by atoms with E-state index < -0.39 is 15.6 Å². The van der Waals surface area contributed by atoms with Crippen LogP contribution in [0.1, 0.15) is 24.8 Å². The van der Waals surface area contributed by atoms with Gasteiger partial charge in [0.25, 0.3) is 0 Å². The van der Waals surface area contributed by atoms with Gasteiger partial charge in [0.15, 0.2) is 0 Å². The molecule has 120 valence electrons. The first-order valence-corrected chi connectivity index (χ1v) is 8.13. The summed E-state index contributed by atoms with van der Waals surface area (Å²) < 4.78 is 63.1. The lowest BCUT2D eigenvalue weighted by Gasteiger charge is -2.19. The molecule has 0 amide bonds. The first kappa shape index (κ1) is 16.6. The molecule has 0 radical (unpaired) electrons. The van der Waals surface area contributed by atoms with E-state index in [0.717, 1.165) is 12.0 Å². The lowest BCUT2D eigenvalue weighted by atomic mass is 9.94. The van der Waals surface area contributed by atoms with E-state index in [-0.39, 0.29) is 18.1 Å². The molecular weight excluding hydrogens is 317 g/mol. The normalized spacial score (nSPS) is 20.0. The van der Waals surface area contributed by atoms with Crippen molar-refractivity contribution in [3.05, 3.63) is 53.8 Å². The Morgan fingerprint density at radius 2 is 1.86 bits per heavy atom. The Morgan fingerprint density at radius 1 is 1.18 bits per heavy atom. The molecule has 0 fully saturated rings. The molecule has 1 aliphatic carbocycles. The summed E-state index contributed by atoms with van der Waals surface area (Å²) in [6.07, 6.45) is 6.61. The molecule has 0 aliphatic heterocycles. The van der Waals surface area contributed by atoms with E-state index in [0.29, 0.717) is 6.42 Å². The van der Waals surface area contributed by atoms with Gasteiger partial charge in [0, 0.05) is 6.42 Å². The van der Waals surface area contributed by atoms with Crippen LogP contribution in [0.3, 0.4) is 0 Å². The number of hydrogen-bond donors (Lipinski definition) is 0. The van der Waals surface area contributed by atoms with E-state index in [1.165, 1.54) is 6.08 Å².